The van der Waals surface area contributed by atoms with Gasteiger partial charge in [0.15, 0.2) is 0 Å². The third-order valence-electron chi connectivity index (χ3n) is 8.46. The molecule has 189 valence electrons. The van der Waals surface area contributed by atoms with E-state index in [2.05, 4.69) is 111 Å². The molecule has 36 heavy (non-hydrogen) atoms. The molecule has 0 amide bonds. The van der Waals surface area contributed by atoms with Gasteiger partial charge in [-0.1, -0.05) is 92.9 Å². The molecule has 2 aliphatic rings. The number of hydrogen-bond donors (Lipinski definition) is 0. The standard InChI is InChI=1S/C23H25.C11H19Si.Zr/c1-15-12-18-14-17-6-5-7-20(17)22(21(18)13-15)16-8-10-19(11-9-16)23(2,3)4;1-7-8(2)10(4)11(9(7)3)12(5)6;/h8-14H,5-7H2,1-4H3;11H,1-6H3;/q-1;;. The predicted octanol–water partition coefficient (Wildman–Crippen LogP) is 10.1. The molecule has 2 aliphatic carbocycles. The molecule has 0 saturated carbocycles. The summed E-state index contributed by atoms with van der Waals surface area (Å²) < 4.78 is 0. The Balaban J connectivity index is 0.000000237. The minimum Gasteiger partial charge on any atom is -0.165 e. The van der Waals surface area contributed by atoms with Crippen LogP contribution in [0, 0.1) is 6.92 Å². The van der Waals surface area contributed by atoms with Gasteiger partial charge in [0.25, 0.3) is 0 Å². The van der Waals surface area contributed by atoms with E-state index in [4.69, 9.17) is 0 Å². The average Bonchev–Trinajstić information content (AvgIpc) is 3.45. The molecule has 0 bridgehead atoms. The largest absolute Gasteiger partial charge is 0.165 e. The van der Waals surface area contributed by atoms with Crippen LogP contribution in [0.1, 0.15) is 77.1 Å². The minimum absolute atomic E-state index is 0. The molecule has 3 aromatic carbocycles. The number of rotatable bonds is 2. The van der Waals surface area contributed by atoms with Crippen molar-refractivity contribution in [2.24, 2.45) is 0 Å². The fraction of sp³-hybridized carbons (Fsp3) is 0.441. The second-order valence-electron chi connectivity index (χ2n) is 12.2. The van der Waals surface area contributed by atoms with Crippen molar-refractivity contribution in [3.05, 3.63) is 87.0 Å². The van der Waals surface area contributed by atoms with Crippen LogP contribution in [0.2, 0.25) is 18.6 Å². The molecule has 3 aromatic rings. The van der Waals surface area contributed by atoms with E-state index in [1.807, 2.05) is 0 Å². The van der Waals surface area contributed by atoms with Crippen molar-refractivity contribution in [3.63, 3.8) is 0 Å². The van der Waals surface area contributed by atoms with Crippen LogP contribution in [0.4, 0.5) is 0 Å². The summed E-state index contributed by atoms with van der Waals surface area (Å²) in [6.07, 6.45) is 3.77. The summed E-state index contributed by atoms with van der Waals surface area (Å²) in [5, 5.41) is 2.85. The Hall–Kier alpha value is -1.37. The van der Waals surface area contributed by atoms with Crippen LogP contribution in [-0.2, 0) is 44.5 Å². The SMILES string of the molecule is CC1=C(C)C([Si](C)C)C(C)=C1C.Cc1cc2c(-c3ccc(C(C)(C)C)cc3)c3c(cc2[cH-]1)CCC3.[Zr]. The third kappa shape index (κ3) is 5.56. The Morgan fingerprint density at radius 3 is 1.92 bits per heavy atom. The first-order valence-electron chi connectivity index (χ1n) is 13.4. The molecule has 0 atom stereocenters. The van der Waals surface area contributed by atoms with Gasteiger partial charge in [-0.25, -0.2) is 0 Å². The van der Waals surface area contributed by atoms with Crippen LogP contribution >= 0.6 is 0 Å². The van der Waals surface area contributed by atoms with Crippen molar-refractivity contribution in [1.29, 1.82) is 0 Å². The fourth-order valence-electron chi connectivity index (χ4n) is 6.26. The Morgan fingerprint density at radius 2 is 1.42 bits per heavy atom. The van der Waals surface area contributed by atoms with Gasteiger partial charge in [-0.15, -0.1) is 28.5 Å². The zero-order chi connectivity index (χ0) is 25.7. The summed E-state index contributed by atoms with van der Waals surface area (Å²) in [6, 6.07) is 16.4. The van der Waals surface area contributed by atoms with Crippen molar-refractivity contribution in [1.82, 2.24) is 0 Å². The predicted molar refractivity (Wildman–Crippen MR) is 158 cm³/mol. The Kier molecular flexibility index (Phi) is 9.05. The van der Waals surface area contributed by atoms with Gasteiger partial charge in [0.1, 0.15) is 0 Å². The van der Waals surface area contributed by atoms with E-state index in [0.29, 0.717) is 0 Å². The van der Waals surface area contributed by atoms with Crippen LogP contribution < -0.4 is 0 Å². The first kappa shape index (κ1) is 29.2. The fourth-order valence-corrected chi connectivity index (χ4v) is 8.42. The zero-order valence-corrected chi connectivity index (χ0v) is 27.7. The second-order valence-corrected chi connectivity index (χ2v) is 15.0. The number of aryl methyl sites for hydroxylation is 2. The monoisotopic (exact) mass is 570 g/mol. The number of fused-ring (bicyclic) bond motifs is 2. The molecule has 0 saturated heterocycles. The first-order chi connectivity index (χ1) is 16.4. The van der Waals surface area contributed by atoms with Gasteiger partial charge in [0, 0.05) is 26.2 Å². The molecule has 2 heteroatoms. The van der Waals surface area contributed by atoms with Crippen LogP contribution in [0.3, 0.4) is 0 Å². The van der Waals surface area contributed by atoms with Gasteiger partial charge in [0.05, 0.1) is 8.80 Å². The number of allylic oxidation sites excluding steroid dienone is 4. The third-order valence-corrected chi connectivity index (χ3v) is 10.5. The van der Waals surface area contributed by atoms with Crippen LogP contribution in [0.25, 0.3) is 21.9 Å². The van der Waals surface area contributed by atoms with Crippen molar-refractivity contribution in [2.75, 3.05) is 0 Å². The van der Waals surface area contributed by atoms with Gasteiger partial charge in [0.2, 0.25) is 0 Å². The average molecular weight is 572 g/mol. The quantitative estimate of drug-likeness (QED) is 0.212. The van der Waals surface area contributed by atoms with E-state index < -0.39 is 0 Å². The van der Waals surface area contributed by atoms with Crippen LogP contribution in [-0.4, -0.2) is 8.80 Å². The minimum atomic E-state index is -0.190. The van der Waals surface area contributed by atoms with Crippen LogP contribution in [0.15, 0.2) is 64.8 Å². The van der Waals surface area contributed by atoms with Gasteiger partial charge < -0.3 is 0 Å². The Morgan fingerprint density at radius 1 is 0.833 bits per heavy atom. The van der Waals surface area contributed by atoms with E-state index in [1.54, 1.807) is 33.4 Å². The molecule has 0 spiro atoms. The van der Waals surface area contributed by atoms with Crippen molar-refractivity contribution in [3.8, 4) is 11.1 Å². The molecule has 0 unspecified atom stereocenters. The van der Waals surface area contributed by atoms with Gasteiger partial charge >= 0.3 is 0 Å². The zero-order valence-electron chi connectivity index (χ0n) is 24.2. The summed E-state index contributed by atoms with van der Waals surface area (Å²) in [7, 11) is -0.190. The van der Waals surface area contributed by atoms with Crippen molar-refractivity contribution >= 4 is 19.6 Å². The summed E-state index contributed by atoms with van der Waals surface area (Å²) in [6.45, 7) is 23.0. The second kappa shape index (κ2) is 11.2. The van der Waals surface area contributed by atoms with E-state index in [1.165, 1.54) is 52.3 Å². The van der Waals surface area contributed by atoms with E-state index in [9.17, 15) is 0 Å². The summed E-state index contributed by atoms with van der Waals surface area (Å²) in [5.41, 5.74) is 16.2. The normalized spacial score (nSPS) is 16.0. The van der Waals surface area contributed by atoms with Gasteiger partial charge in [-0.05, 0) is 80.2 Å². The number of benzene rings is 2. The molecule has 0 N–H and O–H groups in total. The van der Waals surface area contributed by atoms with E-state index >= 15 is 0 Å². The molecule has 0 nitrogen and oxygen atoms in total. The Labute approximate surface area is 241 Å². The maximum Gasteiger partial charge on any atom is 0.0547 e. The number of hydrogen-bond acceptors (Lipinski definition) is 0. The molecule has 5 rings (SSSR count). The van der Waals surface area contributed by atoms with E-state index in [0.717, 1.165) is 5.54 Å². The molecule has 1 radical (unpaired) electrons. The summed E-state index contributed by atoms with van der Waals surface area (Å²) >= 11 is 0. The maximum atomic E-state index is 2.43. The molecule has 0 fully saturated rings. The molecular formula is C34H44SiZr-. The van der Waals surface area contributed by atoms with Gasteiger partial charge in [-0.2, -0.15) is 6.07 Å². The van der Waals surface area contributed by atoms with Crippen LogP contribution in [0.5, 0.6) is 0 Å². The summed E-state index contributed by atoms with van der Waals surface area (Å²) in [5.74, 6) is 0. The summed E-state index contributed by atoms with van der Waals surface area (Å²) in [4.78, 5) is 0. The van der Waals surface area contributed by atoms with Crippen molar-refractivity contribution in [2.45, 2.75) is 98.7 Å². The molecule has 0 aliphatic heterocycles. The molecule has 0 aromatic heterocycles. The molecule has 0 heterocycles. The van der Waals surface area contributed by atoms with E-state index in [-0.39, 0.29) is 40.4 Å². The molecular weight excluding hydrogens is 528 g/mol. The van der Waals surface area contributed by atoms with Crippen molar-refractivity contribution < 1.29 is 26.2 Å². The smallest absolute Gasteiger partial charge is 0.0547 e. The maximum absolute atomic E-state index is 2.43. The first-order valence-corrected chi connectivity index (χ1v) is 16.0. The van der Waals surface area contributed by atoms with Gasteiger partial charge in [-0.3, -0.25) is 0 Å². The topological polar surface area (TPSA) is 0 Å². The Bertz CT molecular complexity index is 1280.